The van der Waals surface area contributed by atoms with E-state index in [4.69, 9.17) is 17.3 Å². The minimum absolute atomic E-state index is 0. The molecule has 0 aliphatic heterocycles. The van der Waals surface area contributed by atoms with Crippen molar-refractivity contribution in [2.45, 2.75) is 39.3 Å². The van der Waals surface area contributed by atoms with Gasteiger partial charge in [-0.15, -0.1) is 12.4 Å². The van der Waals surface area contributed by atoms with Gasteiger partial charge in [0.25, 0.3) is 0 Å². The molecule has 0 spiro atoms. The number of nitrogens with two attached hydrogens (primary N) is 1. The first-order valence-electron chi connectivity index (χ1n) is 6.21. The molecule has 0 heterocycles. The van der Waals surface area contributed by atoms with Crippen LogP contribution < -0.4 is 11.1 Å². The Morgan fingerprint density at radius 3 is 2.21 bits per heavy atom. The van der Waals surface area contributed by atoms with E-state index < -0.39 is 6.04 Å². The first-order chi connectivity index (χ1) is 8.40. The number of hydrogen-bond acceptors (Lipinski definition) is 2. The van der Waals surface area contributed by atoms with Crippen molar-refractivity contribution in [3.05, 3.63) is 34.9 Å². The average Bonchev–Trinajstić information content (AvgIpc) is 2.28. The maximum absolute atomic E-state index is 11.7. The van der Waals surface area contributed by atoms with E-state index in [1.807, 2.05) is 24.3 Å². The zero-order valence-electron chi connectivity index (χ0n) is 11.5. The normalized spacial score (nSPS) is 13.6. The standard InChI is InChI=1S/C14H21ClN2O.ClH/c1-9(2)8-13(17-14(18)10(3)16)11-4-6-12(15)7-5-11;/h4-7,9-10,13H,8,16H2,1-3H3,(H,17,18);1H/t10-,13?;/m0./s1. The summed E-state index contributed by atoms with van der Waals surface area (Å²) in [5, 5.41) is 3.67. The molecule has 1 aromatic carbocycles. The van der Waals surface area contributed by atoms with E-state index in [0.717, 1.165) is 12.0 Å². The second-order valence-electron chi connectivity index (χ2n) is 5.03. The number of carbonyl (C=O) groups excluding carboxylic acids is 1. The van der Waals surface area contributed by atoms with Gasteiger partial charge in [-0.1, -0.05) is 37.6 Å². The smallest absolute Gasteiger partial charge is 0.237 e. The third-order valence-corrected chi connectivity index (χ3v) is 2.96. The fourth-order valence-corrected chi connectivity index (χ4v) is 1.87. The molecule has 1 aromatic rings. The Labute approximate surface area is 126 Å². The Hall–Kier alpha value is -0.770. The number of nitrogens with one attached hydrogen (secondary N) is 1. The molecule has 0 aliphatic carbocycles. The van der Waals surface area contributed by atoms with Gasteiger partial charge in [-0.3, -0.25) is 4.79 Å². The largest absolute Gasteiger partial charge is 0.348 e. The van der Waals surface area contributed by atoms with Gasteiger partial charge in [0.15, 0.2) is 0 Å². The molecule has 0 saturated heterocycles. The maximum Gasteiger partial charge on any atom is 0.237 e. The van der Waals surface area contributed by atoms with Crippen molar-refractivity contribution in [3.63, 3.8) is 0 Å². The van der Waals surface area contributed by atoms with Crippen molar-refractivity contribution in [2.24, 2.45) is 11.7 Å². The molecule has 5 heteroatoms. The lowest BCUT2D eigenvalue weighted by atomic mass is 9.97. The first kappa shape index (κ1) is 18.2. The molecule has 3 nitrogen and oxygen atoms in total. The van der Waals surface area contributed by atoms with Gasteiger partial charge >= 0.3 is 0 Å². The highest BCUT2D eigenvalue weighted by Gasteiger charge is 2.17. The highest BCUT2D eigenvalue weighted by atomic mass is 35.5. The highest BCUT2D eigenvalue weighted by molar-refractivity contribution is 6.30. The van der Waals surface area contributed by atoms with Crippen LogP contribution in [0.1, 0.15) is 38.8 Å². The summed E-state index contributed by atoms with van der Waals surface area (Å²) in [6.07, 6.45) is 0.875. The second kappa shape index (κ2) is 8.41. The Morgan fingerprint density at radius 2 is 1.79 bits per heavy atom. The van der Waals surface area contributed by atoms with E-state index in [-0.39, 0.29) is 24.4 Å². The summed E-state index contributed by atoms with van der Waals surface area (Å²) in [4.78, 5) is 11.7. The predicted molar refractivity (Wildman–Crippen MR) is 82.7 cm³/mol. The predicted octanol–water partition coefficient (Wildman–Crippen LogP) is 3.31. The minimum atomic E-state index is -0.494. The molecule has 3 N–H and O–H groups in total. The van der Waals surface area contributed by atoms with Crippen LogP contribution in [-0.2, 0) is 4.79 Å². The zero-order chi connectivity index (χ0) is 13.7. The van der Waals surface area contributed by atoms with Gasteiger partial charge in [0, 0.05) is 5.02 Å². The third-order valence-electron chi connectivity index (χ3n) is 2.71. The van der Waals surface area contributed by atoms with Crippen LogP contribution in [0.3, 0.4) is 0 Å². The van der Waals surface area contributed by atoms with Crippen molar-refractivity contribution in [3.8, 4) is 0 Å². The molecule has 0 fully saturated rings. The third kappa shape index (κ3) is 6.28. The first-order valence-corrected chi connectivity index (χ1v) is 6.59. The number of rotatable bonds is 5. The zero-order valence-corrected chi connectivity index (χ0v) is 13.1. The van der Waals surface area contributed by atoms with Crippen molar-refractivity contribution in [1.82, 2.24) is 5.32 Å². The van der Waals surface area contributed by atoms with E-state index in [0.29, 0.717) is 10.9 Å². The molecule has 1 unspecified atom stereocenters. The molecule has 1 amide bonds. The number of hydrogen-bond donors (Lipinski definition) is 2. The van der Waals surface area contributed by atoms with Crippen LogP contribution in [0.2, 0.25) is 5.02 Å². The Balaban J connectivity index is 0.00000324. The molecule has 0 aliphatic rings. The van der Waals surface area contributed by atoms with E-state index >= 15 is 0 Å². The Kier molecular flexibility index (Phi) is 8.07. The summed E-state index contributed by atoms with van der Waals surface area (Å²) in [6, 6.07) is 7.05. The van der Waals surface area contributed by atoms with Gasteiger partial charge in [0.1, 0.15) is 0 Å². The van der Waals surface area contributed by atoms with Gasteiger partial charge in [0.2, 0.25) is 5.91 Å². The summed E-state index contributed by atoms with van der Waals surface area (Å²) < 4.78 is 0. The maximum atomic E-state index is 11.7. The van der Waals surface area contributed by atoms with Crippen LogP contribution in [0.15, 0.2) is 24.3 Å². The number of carbonyl (C=O) groups is 1. The van der Waals surface area contributed by atoms with E-state index in [9.17, 15) is 4.79 Å². The van der Waals surface area contributed by atoms with E-state index in [1.54, 1.807) is 6.92 Å². The van der Waals surface area contributed by atoms with Gasteiger partial charge in [-0.25, -0.2) is 0 Å². The minimum Gasteiger partial charge on any atom is -0.348 e. The quantitative estimate of drug-likeness (QED) is 0.877. The summed E-state index contributed by atoms with van der Waals surface area (Å²) >= 11 is 5.87. The van der Waals surface area contributed by atoms with Crippen LogP contribution in [-0.4, -0.2) is 11.9 Å². The van der Waals surface area contributed by atoms with Gasteiger partial charge in [-0.2, -0.15) is 0 Å². The molecule has 0 aromatic heterocycles. The lowest BCUT2D eigenvalue weighted by molar-refractivity contribution is -0.122. The Bertz CT molecular complexity index is 391. The fourth-order valence-electron chi connectivity index (χ4n) is 1.75. The van der Waals surface area contributed by atoms with Crippen LogP contribution in [0, 0.1) is 5.92 Å². The summed E-state index contributed by atoms with van der Waals surface area (Å²) in [6.45, 7) is 5.94. The van der Waals surface area contributed by atoms with Crippen molar-refractivity contribution >= 4 is 29.9 Å². The lowest BCUT2D eigenvalue weighted by Gasteiger charge is -2.22. The SMILES string of the molecule is CC(C)CC(NC(=O)[C@H](C)N)c1ccc(Cl)cc1.Cl. The summed E-state index contributed by atoms with van der Waals surface area (Å²) in [7, 11) is 0. The number of amides is 1. The van der Waals surface area contributed by atoms with Crippen molar-refractivity contribution < 1.29 is 4.79 Å². The summed E-state index contributed by atoms with van der Waals surface area (Å²) in [5.41, 5.74) is 6.64. The van der Waals surface area contributed by atoms with Gasteiger partial charge in [0.05, 0.1) is 12.1 Å². The number of benzene rings is 1. The monoisotopic (exact) mass is 304 g/mol. The van der Waals surface area contributed by atoms with Gasteiger partial charge < -0.3 is 11.1 Å². The van der Waals surface area contributed by atoms with Gasteiger partial charge in [-0.05, 0) is 37.0 Å². The molecule has 1 rings (SSSR count). The molecular weight excluding hydrogens is 283 g/mol. The molecule has 108 valence electrons. The van der Waals surface area contributed by atoms with Crippen molar-refractivity contribution in [2.75, 3.05) is 0 Å². The molecule has 0 bridgehead atoms. The topological polar surface area (TPSA) is 55.1 Å². The van der Waals surface area contributed by atoms with Crippen LogP contribution >= 0.6 is 24.0 Å². The molecule has 2 atom stereocenters. The molecule has 19 heavy (non-hydrogen) atoms. The highest BCUT2D eigenvalue weighted by Crippen LogP contribution is 2.22. The fraction of sp³-hybridized carbons (Fsp3) is 0.500. The Morgan fingerprint density at radius 1 is 1.26 bits per heavy atom. The molecule has 0 radical (unpaired) electrons. The molecular formula is C14H22Cl2N2O. The second-order valence-corrected chi connectivity index (χ2v) is 5.47. The lowest BCUT2D eigenvalue weighted by Crippen LogP contribution is -2.40. The summed E-state index contributed by atoms with van der Waals surface area (Å²) in [5.74, 6) is 0.356. The van der Waals surface area contributed by atoms with Crippen LogP contribution in [0.4, 0.5) is 0 Å². The number of halogens is 2. The van der Waals surface area contributed by atoms with Crippen molar-refractivity contribution in [1.29, 1.82) is 0 Å². The average molecular weight is 305 g/mol. The van der Waals surface area contributed by atoms with Crippen LogP contribution in [0.25, 0.3) is 0 Å². The van der Waals surface area contributed by atoms with Crippen LogP contribution in [0.5, 0.6) is 0 Å². The molecule has 0 saturated carbocycles. The van der Waals surface area contributed by atoms with E-state index in [1.165, 1.54) is 0 Å². The van der Waals surface area contributed by atoms with E-state index in [2.05, 4.69) is 19.2 Å².